The lowest BCUT2D eigenvalue weighted by Crippen LogP contribution is -2.43. The summed E-state index contributed by atoms with van der Waals surface area (Å²) in [6.45, 7) is 1.77. The minimum absolute atomic E-state index is 0.462. The van der Waals surface area contributed by atoms with Crippen LogP contribution >= 0.6 is 0 Å². The maximum atomic E-state index is 11.1. The van der Waals surface area contributed by atoms with Crippen molar-refractivity contribution in [3.05, 3.63) is 12.2 Å². The lowest BCUT2D eigenvalue weighted by Gasteiger charge is -2.09. The van der Waals surface area contributed by atoms with Gasteiger partial charge in [0.15, 0.2) is 0 Å². The normalized spacial score (nSPS) is 11.5. The molecule has 0 aliphatic heterocycles. The van der Waals surface area contributed by atoms with Crippen LogP contribution in [0.25, 0.3) is 0 Å². The highest BCUT2D eigenvalue weighted by Gasteiger charge is 2.08. The molecule has 0 spiro atoms. The molecule has 3 amide bonds. The average Bonchev–Trinajstić information content (AvgIpc) is 2.23. The van der Waals surface area contributed by atoms with Gasteiger partial charge in [-0.05, 0) is 6.42 Å². The van der Waals surface area contributed by atoms with Crippen LogP contribution in [-0.4, -0.2) is 29.1 Å². The lowest BCUT2D eigenvalue weighted by molar-refractivity contribution is -0.131. The van der Waals surface area contributed by atoms with Crippen LogP contribution < -0.4 is 10.6 Å². The zero-order valence-electron chi connectivity index (χ0n) is 8.69. The first kappa shape index (κ1) is 13.7. The van der Waals surface area contributed by atoms with Gasteiger partial charge in [-0.15, -0.1) is 6.42 Å². The molecule has 6 heteroatoms. The Morgan fingerprint density at radius 2 is 2.06 bits per heavy atom. The molecule has 0 saturated carbocycles. The highest BCUT2D eigenvalue weighted by atomic mass is 16.4. The molecule has 0 radical (unpaired) electrons. The molecule has 0 aromatic carbocycles. The Balaban J connectivity index is 4.11. The second-order valence-electron chi connectivity index (χ2n) is 2.76. The van der Waals surface area contributed by atoms with E-state index in [9.17, 15) is 14.4 Å². The molecule has 0 aromatic heterocycles. The highest BCUT2D eigenvalue weighted by molar-refractivity contribution is 6.02. The summed E-state index contributed by atoms with van der Waals surface area (Å²) in [5, 5.41) is 12.5. The van der Waals surface area contributed by atoms with Crippen molar-refractivity contribution in [1.29, 1.82) is 0 Å². The monoisotopic (exact) mass is 224 g/mol. The molecule has 16 heavy (non-hydrogen) atoms. The van der Waals surface area contributed by atoms with Crippen molar-refractivity contribution in [2.75, 3.05) is 0 Å². The van der Waals surface area contributed by atoms with Crippen LogP contribution in [0.5, 0.6) is 0 Å². The molecule has 0 fully saturated rings. The van der Waals surface area contributed by atoms with Crippen molar-refractivity contribution in [1.82, 2.24) is 10.6 Å². The van der Waals surface area contributed by atoms with Gasteiger partial charge in [-0.1, -0.05) is 12.8 Å². The summed E-state index contributed by atoms with van der Waals surface area (Å²) in [6.07, 6.45) is 6.98. The van der Waals surface area contributed by atoms with Gasteiger partial charge in [-0.2, -0.15) is 0 Å². The van der Waals surface area contributed by atoms with E-state index in [1.165, 1.54) is 0 Å². The Morgan fingerprint density at radius 3 is 2.50 bits per heavy atom. The van der Waals surface area contributed by atoms with Crippen LogP contribution in [-0.2, 0) is 9.59 Å². The predicted molar refractivity (Wildman–Crippen MR) is 56.4 cm³/mol. The molecule has 1 atom stereocenters. The zero-order chi connectivity index (χ0) is 12.6. The Hall–Kier alpha value is -2.29. The van der Waals surface area contributed by atoms with E-state index >= 15 is 0 Å². The Morgan fingerprint density at radius 1 is 1.44 bits per heavy atom. The SMILES string of the molecule is C#CC(CC)NC(=O)NC(=O)/C=C/C(=O)O. The fraction of sp³-hybridized carbons (Fsp3) is 0.300. The average molecular weight is 224 g/mol. The molecular weight excluding hydrogens is 212 g/mol. The second-order valence-corrected chi connectivity index (χ2v) is 2.76. The van der Waals surface area contributed by atoms with Crippen LogP contribution in [0.2, 0.25) is 0 Å². The molecule has 0 saturated heterocycles. The summed E-state index contributed by atoms with van der Waals surface area (Å²) in [5.74, 6) is 0.211. The molecule has 0 heterocycles. The smallest absolute Gasteiger partial charge is 0.328 e. The van der Waals surface area contributed by atoms with Crippen molar-refractivity contribution < 1.29 is 19.5 Å². The molecule has 0 aliphatic rings. The minimum atomic E-state index is -1.27. The van der Waals surface area contributed by atoms with E-state index in [0.29, 0.717) is 12.5 Å². The van der Waals surface area contributed by atoms with E-state index in [-0.39, 0.29) is 0 Å². The maximum absolute atomic E-state index is 11.1. The summed E-state index contributed by atoms with van der Waals surface area (Å²) >= 11 is 0. The number of carboxylic acid groups (broad SMARTS) is 1. The highest BCUT2D eigenvalue weighted by Crippen LogP contribution is 1.87. The standard InChI is InChI=1S/C10H12N2O4/c1-3-7(4-2)11-10(16)12-8(13)5-6-9(14)15/h1,5-7H,4H2,2H3,(H,14,15)(H2,11,12,13,16)/b6-5+. The van der Waals surface area contributed by atoms with E-state index in [1.54, 1.807) is 6.92 Å². The van der Waals surface area contributed by atoms with Gasteiger partial charge in [0.05, 0.1) is 6.04 Å². The third-order valence-electron chi connectivity index (χ3n) is 1.53. The summed E-state index contributed by atoms with van der Waals surface area (Å²) in [7, 11) is 0. The number of amides is 3. The van der Waals surface area contributed by atoms with Crippen molar-refractivity contribution in [3.63, 3.8) is 0 Å². The first-order valence-corrected chi connectivity index (χ1v) is 4.48. The summed E-state index contributed by atoms with van der Waals surface area (Å²) in [6, 6.07) is -1.22. The number of carbonyl (C=O) groups excluding carboxylic acids is 2. The number of carbonyl (C=O) groups is 3. The molecule has 86 valence electrons. The summed E-state index contributed by atoms with van der Waals surface area (Å²) in [4.78, 5) is 32.1. The molecule has 0 aromatic rings. The summed E-state index contributed by atoms with van der Waals surface area (Å²) in [5.41, 5.74) is 0. The largest absolute Gasteiger partial charge is 0.478 e. The van der Waals surface area contributed by atoms with Gasteiger partial charge in [-0.3, -0.25) is 10.1 Å². The van der Waals surface area contributed by atoms with Crippen LogP contribution in [0.15, 0.2) is 12.2 Å². The number of imide groups is 1. The van der Waals surface area contributed by atoms with Gasteiger partial charge in [0, 0.05) is 12.2 Å². The van der Waals surface area contributed by atoms with Crippen LogP contribution in [0.4, 0.5) is 4.79 Å². The van der Waals surface area contributed by atoms with E-state index in [2.05, 4.69) is 11.2 Å². The van der Waals surface area contributed by atoms with Crippen molar-refractivity contribution in [2.24, 2.45) is 0 Å². The Labute approximate surface area is 92.7 Å². The fourth-order valence-corrected chi connectivity index (χ4v) is 0.756. The topological polar surface area (TPSA) is 95.5 Å². The van der Waals surface area contributed by atoms with Gasteiger partial charge >= 0.3 is 12.0 Å². The van der Waals surface area contributed by atoms with Gasteiger partial charge in [0.2, 0.25) is 0 Å². The van der Waals surface area contributed by atoms with Crippen LogP contribution in [0.1, 0.15) is 13.3 Å². The van der Waals surface area contributed by atoms with E-state index in [0.717, 1.165) is 6.08 Å². The van der Waals surface area contributed by atoms with Gasteiger partial charge in [0.25, 0.3) is 5.91 Å². The number of aliphatic carboxylic acids is 1. The maximum Gasteiger partial charge on any atom is 0.328 e. The number of nitrogens with one attached hydrogen (secondary N) is 2. The minimum Gasteiger partial charge on any atom is -0.478 e. The number of rotatable bonds is 4. The van der Waals surface area contributed by atoms with Gasteiger partial charge < -0.3 is 10.4 Å². The Kier molecular flexibility index (Phi) is 6.05. The second kappa shape index (κ2) is 7.06. The molecular formula is C10H12N2O4. The van der Waals surface area contributed by atoms with Crippen LogP contribution in [0, 0.1) is 12.3 Å². The Bertz CT molecular complexity index is 354. The first-order valence-electron chi connectivity index (χ1n) is 4.48. The number of terminal acetylenes is 1. The van der Waals surface area contributed by atoms with Crippen molar-refractivity contribution in [3.8, 4) is 12.3 Å². The van der Waals surface area contributed by atoms with E-state index in [1.807, 2.05) is 5.32 Å². The third kappa shape index (κ3) is 6.21. The first-order chi connectivity index (χ1) is 7.49. The molecule has 0 bridgehead atoms. The third-order valence-corrected chi connectivity index (χ3v) is 1.53. The van der Waals surface area contributed by atoms with Crippen molar-refractivity contribution >= 4 is 17.9 Å². The van der Waals surface area contributed by atoms with Gasteiger partial charge in [0.1, 0.15) is 0 Å². The molecule has 6 nitrogen and oxygen atoms in total. The number of hydrogen-bond acceptors (Lipinski definition) is 3. The number of urea groups is 1. The van der Waals surface area contributed by atoms with Gasteiger partial charge in [-0.25, -0.2) is 9.59 Å². The van der Waals surface area contributed by atoms with E-state index in [4.69, 9.17) is 11.5 Å². The fourth-order valence-electron chi connectivity index (χ4n) is 0.756. The summed E-state index contributed by atoms with van der Waals surface area (Å²) < 4.78 is 0. The van der Waals surface area contributed by atoms with E-state index < -0.39 is 23.9 Å². The quantitative estimate of drug-likeness (QED) is 0.457. The molecule has 1 unspecified atom stereocenters. The lowest BCUT2D eigenvalue weighted by atomic mass is 10.2. The van der Waals surface area contributed by atoms with Crippen LogP contribution in [0.3, 0.4) is 0 Å². The predicted octanol–water partition coefficient (Wildman–Crippen LogP) is -0.135. The molecule has 0 aliphatic carbocycles. The van der Waals surface area contributed by atoms with Crippen molar-refractivity contribution in [2.45, 2.75) is 19.4 Å². The number of carboxylic acids is 1. The zero-order valence-corrected chi connectivity index (χ0v) is 8.69. The number of hydrogen-bond donors (Lipinski definition) is 3. The molecule has 3 N–H and O–H groups in total. The molecule has 0 rings (SSSR count).